The van der Waals surface area contributed by atoms with Gasteiger partial charge in [0, 0.05) is 0 Å². The molecule has 198 valence electrons. The Morgan fingerprint density at radius 2 is 0.788 bits per heavy atom. The molecule has 0 aliphatic carbocycles. The van der Waals surface area contributed by atoms with Crippen molar-refractivity contribution in [2.45, 2.75) is 150 Å². The SMILES string of the molecule is CCCCCCCC.CCCCCCCC.CCCCCCCCNC.Oc1ccccc1. The van der Waals surface area contributed by atoms with Crippen molar-refractivity contribution in [1.29, 1.82) is 0 Å². The molecule has 1 aromatic rings. The first-order valence-corrected chi connectivity index (χ1v) is 14.5. The molecule has 0 aromatic heterocycles. The Morgan fingerprint density at radius 1 is 0.485 bits per heavy atom. The fraction of sp³-hybridized carbons (Fsp3) is 0.806. The number of para-hydroxylation sites is 1. The molecule has 0 saturated heterocycles. The second-order valence-corrected chi connectivity index (χ2v) is 9.04. The Hall–Kier alpha value is -1.02. The molecule has 0 bridgehead atoms. The van der Waals surface area contributed by atoms with Crippen molar-refractivity contribution >= 4 is 0 Å². The Bertz CT molecular complexity index is 361. The van der Waals surface area contributed by atoms with E-state index in [0.29, 0.717) is 5.75 Å². The van der Waals surface area contributed by atoms with Crippen LogP contribution in [0.15, 0.2) is 30.3 Å². The van der Waals surface area contributed by atoms with Gasteiger partial charge in [-0.15, -0.1) is 0 Å². The van der Waals surface area contributed by atoms with Crippen molar-refractivity contribution in [2.75, 3.05) is 13.6 Å². The highest BCUT2D eigenvalue weighted by atomic mass is 16.3. The van der Waals surface area contributed by atoms with E-state index in [-0.39, 0.29) is 0 Å². The van der Waals surface area contributed by atoms with Gasteiger partial charge in [-0.25, -0.2) is 0 Å². The third-order valence-electron chi connectivity index (χ3n) is 5.45. The van der Waals surface area contributed by atoms with E-state index in [1.165, 1.54) is 122 Å². The number of benzene rings is 1. The smallest absolute Gasteiger partial charge is 0.115 e. The first kappa shape index (κ1) is 36.5. The average Bonchev–Trinajstić information content (AvgIpc) is 2.84. The molecule has 0 atom stereocenters. The zero-order chi connectivity index (χ0) is 25.3. The molecule has 1 rings (SSSR count). The number of unbranched alkanes of at least 4 members (excludes halogenated alkanes) is 15. The summed E-state index contributed by atoms with van der Waals surface area (Å²) in [5, 5.41) is 11.8. The third kappa shape index (κ3) is 45.2. The van der Waals surface area contributed by atoms with Gasteiger partial charge in [-0.3, -0.25) is 0 Å². The minimum atomic E-state index is 0.322. The molecule has 0 fully saturated rings. The van der Waals surface area contributed by atoms with Crippen LogP contribution in [-0.4, -0.2) is 18.7 Å². The molecule has 2 N–H and O–H groups in total. The number of phenolic OH excluding ortho intramolecular Hbond substituents is 1. The Kier molecular flexibility index (Phi) is 42.4. The van der Waals surface area contributed by atoms with Crippen molar-refractivity contribution in [3.05, 3.63) is 30.3 Å². The molecule has 0 aliphatic rings. The van der Waals surface area contributed by atoms with Gasteiger partial charge in [-0.05, 0) is 32.1 Å². The van der Waals surface area contributed by atoms with Gasteiger partial charge in [0.05, 0.1) is 0 Å². The highest BCUT2D eigenvalue weighted by molar-refractivity contribution is 5.18. The molecule has 33 heavy (non-hydrogen) atoms. The van der Waals surface area contributed by atoms with Crippen LogP contribution in [0.1, 0.15) is 150 Å². The zero-order valence-electron chi connectivity index (χ0n) is 23.8. The van der Waals surface area contributed by atoms with E-state index in [1.807, 2.05) is 13.1 Å². The average molecular weight is 466 g/mol. The molecule has 1 aromatic carbocycles. The minimum absolute atomic E-state index is 0.322. The lowest BCUT2D eigenvalue weighted by molar-refractivity contribution is 0.475. The van der Waals surface area contributed by atoms with Gasteiger partial charge >= 0.3 is 0 Å². The minimum Gasteiger partial charge on any atom is -0.508 e. The molecule has 0 spiro atoms. The molecular formula is C31H63NO. The van der Waals surface area contributed by atoms with E-state index in [4.69, 9.17) is 5.11 Å². The summed E-state index contributed by atoms with van der Waals surface area (Å²) in [6, 6.07) is 8.71. The molecule has 0 aliphatic heterocycles. The summed E-state index contributed by atoms with van der Waals surface area (Å²) >= 11 is 0. The fourth-order valence-electron chi connectivity index (χ4n) is 3.22. The number of rotatable bonds is 17. The summed E-state index contributed by atoms with van der Waals surface area (Å²) in [7, 11) is 2.02. The monoisotopic (exact) mass is 465 g/mol. The summed E-state index contributed by atoms with van der Waals surface area (Å²) in [6.45, 7) is 12.5. The predicted molar refractivity (Wildman–Crippen MR) is 154 cm³/mol. The Morgan fingerprint density at radius 3 is 1.03 bits per heavy atom. The van der Waals surface area contributed by atoms with Gasteiger partial charge in [0.15, 0.2) is 0 Å². The standard InChI is InChI=1S/C9H21N.2C8H18.C6H6O/c1-3-4-5-6-7-8-9-10-2;2*1-3-5-7-8-6-4-2;7-6-4-2-1-3-5-6/h10H,3-9H2,1-2H3;2*3-8H2,1-2H3;1-5,7H. The Labute approximate surface area is 210 Å². The lowest BCUT2D eigenvalue weighted by atomic mass is 10.1. The van der Waals surface area contributed by atoms with Crippen molar-refractivity contribution in [3.8, 4) is 5.75 Å². The van der Waals surface area contributed by atoms with Crippen LogP contribution in [0.3, 0.4) is 0 Å². The van der Waals surface area contributed by atoms with Crippen LogP contribution in [0.5, 0.6) is 5.75 Å². The molecule has 0 unspecified atom stereocenters. The lowest BCUT2D eigenvalue weighted by Gasteiger charge is -1.98. The first-order valence-electron chi connectivity index (χ1n) is 14.5. The van der Waals surface area contributed by atoms with Gasteiger partial charge < -0.3 is 10.4 Å². The van der Waals surface area contributed by atoms with Crippen LogP contribution >= 0.6 is 0 Å². The normalized spacial score (nSPS) is 9.64. The second kappa shape index (κ2) is 38.3. The van der Waals surface area contributed by atoms with Crippen LogP contribution in [0, 0.1) is 0 Å². The molecule has 2 nitrogen and oxygen atoms in total. The zero-order valence-corrected chi connectivity index (χ0v) is 23.8. The number of phenols is 1. The van der Waals surface area contributed by atoms with E-state index in [2.05, 4.69) is 39.9 Å². The van der Waals surface area contributed by atoms with Crippen molar-refractivity contribution < 1.29 is 5.11 Å². The van der Waals surface area contributed by atoms with Crippen molar-refractivity contribution in [2.24, 2.45) is 0 Å². The number of aromatic hydroxyl groups is 1. The van der Waals surface area contributed by atoms with Gasteiger partial charge in [0.25, 0.3) is 0 Å². The summed E-state index contributed by atoms with van der Waals surface area (Å²) in [6.07, 6.45) is 25.4. The summed E-state index contributed by atoms with van der Waals surface area (Å²) < 4.78 is 0. The summed E-state index contributed by atoms with van der Waals surface area (Å²) in [4.78, 5) is 0. The lowest BCUT2D eigenvalue weighted by Crippen LogP contribution is -2.06. The van der Waals surface area contributed by atoms with E-state index in [0.717, 1.165) is 0 Å². The van der Waals surface area contributed by atoms with E-state index >= 15 is 0 Å². The number of hydrogen-bond acceptors (Lipinski definition) is 2. The van der Waals surface area contributed by atoms with Gasteiger partial charge in [-0.2, -0.15) is 0 Å². The summed E-state index contributed by atoms with van der Waals surface area (Å²) in [5.74, 6) is 0.322. The van der Waals surface area contributed by atoms with Crippen LogP contribution in [0.2, 0.25) is 0 Å². The Balaban J connectivity index is -0.000000366. The van der Waals surface area contributed by atoms with Gasteiger partial charge in [-0.1, -0.05) is 162 Å². The summed E-state index contributed by atoms with van der Waals surface area (Å²) in [5.41, 5.74) is 0. The maximum Gasteiger partial charge on any atom is 0.115 e. The van der Waals surface area contributed by atoms with Gasteiger partial charge in [0.1, 0.15) is 5.75 Å². The van der Waals surface area contributed by atoms with E-state index in [9.17, 15) is 0 Å². The quantitative estimate of drug-likeness (QED) is 0.224. The molecule has 0 amide bonds. The largest absolute Gasteiger partial charge is 0.508 e. The van der Waals surface area contributed by atoms with Crippen LogP contribution < -0.4 is 5.32 Å². The van der Waals surface area contributed by atoms with E-state index < -0.39 is 0 Å². The third-order valence-corrected chi connectivity index (χ3v) is 5.45. The van der Waals surface area contributed by atoms with Crippen LogP contribution in [0.4, 0.5) is 0 Å². The maximum atomic E-state index is 8.63. The second-order valence-electron chi connectivity index (χ2n) is 9.04. The molecule has 2 heteroatoms. The molecule has 0 heterocycles. The molecule has 0 saturated carbocycles. The molecule has 0 radical (unpaired) electrons. The maximum absolute atomic E-state index is 8.63. The van der Waals surface area contributed by atoms with Crippen LogP contribution in [-0.2, 0) is 0 Å². The predicted octanol–water partition coefficient (Wildman–Crippen LogP) is 10.7. The van der Waals surface area contributed by atoms with Crippen molar-refractivity contribution in [3.63, 3.8) is 0 Å². The van der Waals surface area contributed by atoms with E-state index in [1.54, 1.807) is 24.3 Å². The molecular weight excluding hydrogens is 402 g/mol. The fourth-order valence-corrected chi connectivity index (χ4v) is 3.22. The highest BCUT2D eigenvalue weighted by Crippen LogP contribution is 2.05. The highest BCUT2D eigenvalue weighted by Gasteiger charge is 1.87. The van der Waals surface area contributed by atoms with Crippen molar-refractivity contribution in [1.82, 2.24) is 5.32 Å². The number of hydrogen-bond donors (Lipinski definition) is 2. The van der Waals surface area contributed by atoms with Gasteiger partial charge in [0.2, 0.25) is 0 Å². The topological polar surface area (TPSA) is 32.3 Å². The first-order chi connectivity index (χ1) is 16.1. The van der Waals surface area contributed by atoms with Crippen LogP contribution in [0.25, 0.3) is 0 Å². The number of nitrogens with one attached hydrogen (secondary N) is 1.